The van der Waals surface area contributed by atoms with Gasteiger partial charge in [0.1, 0.15) is 17.2 Å². The fourth-order valence-corrected chi connectivity index (χ4v) is 2.52. The molecule has 9 nitrogen and oxygen atoms in total. The molecule has 2 aromatic carbocycles. The van der Waals surface area contributed by atoms with Crippen LogP contribution >= 0.6 is 0 Å². The van der Waals surface area contributed by atoms with Crippen molar-refractivity contribution in [2.45, 2.75) is 13.5 Å². The first kappa shape index (κ1) is 20.8. The van der Waals surface area contributed by atoms with Crippen molar-refractivity contribution in [2.24, 2.45) is 0 Å². The number of benzene rings is 2. The maximum Gasteiger partial charge on any atom is 0.344 e. The van der Waals surface area contributed by atoms with Crippen LogP contribution in [0.2, 0.25) is 0 Å². The number of Topliss-reactive ketones (excluding diaryl/α,β-unsaturated/α-hetero) is 1. The number of esters is 1. The van der Waals surface area contributed by atoms with Crippen LogP contribution in [0.1, 0.15) is 23.2 Å². The number of aromatic nitrogens is 2. The minimum absolute atomic E-state index is 0.0489. The summed E-state index contributed by atoms with van der Waals surface area (Å²) < 4.78 is 26.0. The van der Waals surface area contributed by atoms with Crippen LogP contribution in [0, 0.1) is 0 Å². The van der Waals surface area contributed by atoms with Gasteiger partial charge in [-0.25, -0.2) is 4.79 Å². The number of rotatable bonds is 9. The Balaban J connectivity index is 1.54. The summed E-state index contributed by atoms with van der Waals surface area (Å²) in [6.07, 6.45) is 0. The Hall–Kier alpha value is -3.88. The molecule has 0 aliphatic carbocycles. The first-order chi connectivity index (χ1) is 14.5. The van der Waals surface area contributed by atoms with Crippen LogP contribution in [0.25, 0.3) is 11.4 Å². The van der Waals surface area contributed by atoms with E-state index in [2.05, 4.69) is 10.1 Å². The fourth-order valence-electron chi connectivity index (χ4n) is 2.52. The molecule has 0 fully saturated rings. The average molecular weight is 412 g/mol. The number of hydrogen-bond acceptors (Lipinski definition) is 9. The van der Waals surface area contributed by atoms with Gasteiger partial charge in [0.15, 0.2) is 19.0 Å². The van der Waals surface area contributed by atoms with Gasteiger partial charge in [-0.2, -0.15) is 4.98 Å². The van der Waals surface area contributed by atoms with Crippen molar-refractivity contribution >= 4 is 11.8 Å². The molecule has 156 valence electrons. The summed E-state index contributed by atoms with van der Waals surface area (Å²) in [5, 5.41) is 3.89. The van der Waals surface area contributed by atoms with E-state index in [1.807, 2.05) is 0 Å². The Kier molecular flexibility index (Phi) is 6.63. The van der Waals surface area contributed by atoms with Crippen molar-refractivity contribution in [3.05, 3.63) is 53.9 Å². The summed E-state index contributed by atoms with van der Waals surface area (Å²) in [4.78, 5) is 27.4. The van der Waals surface area contributed by atoms with Gasteiger partial charge in [-0.3, -0.25) is 4.79 Å². The van der Waals surface area contributed by atoms with Crippen molar-refractivity contribution in [2.75, 3.05) is 20.8 Å². The average Bonchev–Trinajstić information content (AvgIpc) is 3.24. The summed E-state index contributed by atoms with van der Waals surface area (Å²) >= 11 is 0. The standard InChI is InChI=1S/C21H20N2O7/c1-13(24)14-4-6-15(7-5-14)28-12-20(25)29-11-19-22-21(23-30-19)17-9-8-16(26-2)10-18(17)27-3/h4-10H,11-12H2,1-3H3. The quantitative estimate of drug-likeness (QED) is 0.387. The van der Waals surface area contributed by atoms with E-state index in [4.69, 9.17) is 23.5 Å². The lowest BCUT2D eigenvalue weighted by molar-refractivity contribution is -0.148. The van der Waals surface area contributed by atoms with E-state index in [1.165, 1.54) is 14.0 Å². The molecule has 0 bridgehead atoms. The Labute approximate surface area is 172 Å². The summed E-state index contributed by atoms with van der Waals surface area (Å²) in [5.41, 5.74) is 1.17. The topological polar surface area (TPSA) is 110 Å². The highest BCUT2D eigenvalue weighted by molar-refractivity contribution is 5.94. The van der Waals surface area contributed by atoms with Gasteiger partial charge in [-0.1, -0.05) is 5.16 Å². The maximum absolute atomic E-state index is 11.9. The molecule has 0 saturated carbocycles. The lowest BCUT2D eigenvalue weighted by atomic mass is 10.1. The molecule has 0 saturated heterocycles. The van der Waals surface area contributed by atoms with Crippen LogP contribution in [0.5, 0.6) is 17.2 Å². The lowest BCUT2D eigenvalue weighted by Crippen LogP contribution is -2.14. The first-order valence-electron chi connectivity index (χ1n) is 8.94. The van der Waals surface area contributed by atoms with Gasteiger partial charge in [0.05, 0.1) is 19.8 Å². The van der Waals surface area contributed by atoms with Crippen LogP contribution in [0.15, 0.2) is 47.0 Å². The van der Waals surface area contributed by atoms with E-state index in [9.17, 15) is 9.59 Å². The minimum Gasteiger partial charge on any atom is -0.497 e. The van der Waals surface area contributed by atoms with Gasteiger partial charge in [0.2, 0.25) is 5.82 Å². The monoisotopic (exact) mass is 412 g/mol. The largest absolute Gasteiger partial charge is 0.497 e. The second-order valence-electron chi connectivity index (χ2n) is 6.11. The minimum atomic E-state index is -0.604. The summed E-state index contributed by atoms with van der Waals surface area (Å²) in [7, 11) is 3.08. The van der Waals surface area contributed by atoms with E-state index >= 15 is 0 Å². The van der Waals surface area contributed by atoms with E-state index in [-0.39, 0.29) is 24.9 Å². The zero-order valence-corrected chi connectivity index (χ0v) is 16.7. The number of carbonyl (C=O) groups is 2. The van der Waals surface area contributed by atoms with Crippen LogP contribution < -0.4 is 14.2 Å². The first-order valence-corrected chi connectivity index (χ1v) is 8.94. The molecule has 0 atom stereocenters. The summed E-state index contributed by atoms with van der Waals surface area (Å²) in [6, 6.07) is 11.6. The molecule has 0 unspecified atom stereocenters. The van der Waals surface area contributed by atoms with Gasteiger partial charge in [-0.15, -0.1) is 0 Å². The second-order valence-corrected chi connectivity index (χ2v) is 6.11. The molecule has 3 rings (SSSR count). The van der Waals surface area contributed by atoms with Crippen LogP contribution in [0.4, 0.5) is 0 Å². The molecule has 0 aliphatic rings. The van der Waals surface area contributed by atoms with Crippen molar-refractivity contribution in [1.82, 2.24) is 10.1 Å². The molecule has 0 aliphatic heterocycles. The molecule has 1 aromatic heterocycles. The van der Waals surface area contributed by atoms with Crippen LogP contribution in [-0.2, 0) is 16.1 Å². The van der Waals surface area contributed by atoms with Crippen LogP contribution in [0.3, 0.4) is 0 Å². The highest BCUT2D eigenvalue weighted by Gasteiger charge is 2.15. The number of methoxy groups -OCH3 is 2. The number of ether oxygens (including phenoxy) is 4. The van der Waals surface area contributed by atoms with Crippen molar-refractivity contribution in [3.63, 3.8) is 0 Å². The van der Waals surface area contributed by atoms with Crippen molar-refractivity contribution in [1.29, 1.82) is 0 Å². The number of hydrogen-bond donors (Lipinski definition) is 0. The van der Waals surface area contributed by atoms with E-state index < -0.39 is 5.97 Å². The van der Waals surface area contributed by atoms with Gasteiger partial charge < -0.3 is 23.5 Å². The van der Waals surface area contributed by atoms with Crippen molar-refractivity contribution in [3.8, 4) is 28.6 Å². The molecular formula is C21H20N2O7. The zero-order chi connectivity index (χ0) is 21.5. The van der Waals surface area contributed by atoms with E-state index in [0.717, 1.165) is 0 Å². The van der Waals surface area contributed by atoms with E-state index in [1.54, 1.807) is 49.6 Å². The van der Waals surface area contributed by atoms with Gasteiger partial charge in [0, 0.05) is 11.6 Å². The van der Waals surface area contributed by atoms with E-state index in [0.29, 0.717) is 34.2 Å². The Morgan fingerprint density at radius 2 is 1.73 bits per heavy atom. The Morgan fingerprint density at radius 3 is 2.40 bits per heavy atom. The van der Waals surface area contributed by atoms with Crippen LogP contribution in [-0.4, -0.2) is 42.7 Å². The number of carbonyl (C=O) groups excluding carboxylic acids is 2. The molecule has 0 spiro atoms. The lowest BCUT2D eigenvalue weighted by Gasteiger charge is -2.07. The molecular weight excluding hydrogens is 392 g/mol. The zero-order valence-electron chi connectivity index (χ0n) is 16.7. The third-order valence-corrected chi connectivity index (χ3v) is 4.09. The van der Waals surface area contributed by atoms with Crippen molar-refractivity contribution < 1.29 is 33.1 Å². The Bertz CT molecular complexity index is 1030. The summed E-state index contributed by atoms with van der Waals surface area (Å²) in [6.45, 7) is 0.977. The molecule has 3 aromatic rings. The Morgan fingerprint density at radius 1 is 1.00 bits per heavy atom. The highest BCUT2D eigenvalue weighted by Crippen LogP contribution is 2.31. The third kappa shape index (κ3) is 5.13. The van der Waals surface area contributed by atoms with Gasteiger partial charge >= 0.3 is 5.97 Å². The molecule has 0 N–H and O–H groups in total. The van der Waals surface area contributed by atoms with Gasteiger partial charge in [0.25, 0.3) is 5.89 Å². The second kappa shape index (κ2) is 9.55. The maximum atomic E-state index is 11.9. The number of nitrogens with zero attached hydrogens (tertiary/aromatic N) is 2. The smallest absolute Gasteiger partial charge is 0.344 e. The number of ketones is 1. The van der Waals surface area contributed by atoms with Gasteiger partial charge in [-0.05, 0) is 43.3 Å². The molecule has 1 heterocycles. The fraction of sp³-hybridized carbons (Fsp3) is 0.238. The summed E-state index contributed by atoms with van der Waals surface area (Å²) in [5.74, 6) is 1.36. The highest BCUT2D eigenvalue weighted by atomic mass is 16.6. The normalized spacial score (nSPS) is 10.4. The predicted molar refractivity (Wildman–Crippen MR) is 105 cm³/mol. The molecule has 9 heteroatoms. The predicted octanol–water partition coefficient (Wildman–Crippen LogP) is 3.08. The molecule has 0 radical (unpaired) electrons. The third-order valence-electron chi connectivity index (χ3n) is 4.09. The molecule has 30 heavy (non-hydrogen) atoms. The molecule has 0 amide bonds. The SMILES string of the molecule is COc1ccc(-c2noc(COC(=O)COc3ccc(C(C)=O)cc3)n2)c(OC)c1.